The smallest absolute Gasteiger partial charge is 0.414 e. The van der Waals surface area contributed by atoms with E-state index in [0.717, 1.165) is 5.69 Å². The minimum absolute atomic E-state index is 0.0308. The number of amides is 2. The van der Waals surface area contributed by atoms with E-state index in [1.54, 1.807) is 6.07 Å². The summed E-state index contributed by atoms with van der Waals surface area (Å²) in [5.74, 6) is -1.11. The van der Waals surface area contributed by atoms with Gasteiger partial charge in [-0.3, -0.25) is 9.69 Å². The van der Waals surface area contributed by atoms with Gasteiger partial charge in [-0.25, -0.2) is 9.18 Å². The van der Waals surface area contributed by atoms with E-state index in [1.807, 2.05) is 30.3 Å². The molecule has 6 heteroatoms. The maximum absolute atomic E-state index is 13.5. The molecule has 0 saturated carbocycles. The van der Waals surface area contributed by atoms with Gasteiger partial charge >= 0.3 is 6.09 Å². The first kappa shape index (κ1) is 15.0. The highest BCUT2D eigenvalue weighted by Gasteiger charge is 2.32. The van der Waals surface area contributed by atoms with Crippen LogP contribution < -0.4 is 10.2 Å². The molecule has 2 amide bonds. The molecule has 1 saturated heterocycles. The zero-order chi connectivity index (χ0) is 16.2. The quantitative estimate of drug-likeness (QED) is 0.943. The lowest BCUT2D eigenvalue weighted by Crippen LogP contribution is -2.35. The van der Waals surface area contributed by atoms with E-state index in [0.29, 0.717) is 6.54 Å². The second-order valence-electron chi connectivity index (χ2n) is 5.14. The highest BCUT2D eigenvalue weighted by Crippen LogP contribution is 2.20. The van der Waals surface area contributed by atoms with Crippen molar-refractivity contribution in [2.24, 2.45) is 0 Å². The fraction of sp³-hybridized carbons (Fsp3) is 0.176. The number of nitrogens with zero attached hydrogens (tertiary/aromatic N) is 1. The molecule has 0 bridgehead atoms. The summed E-state index contributed by atoms with van der Waals surface area (Å²) < 4.78 is 18.8. The van der Waals surface area contributed by atoms with Crippen molar-refractivity contribution < 1.29 is 18.7 Å². The Morgan fingerprint density at radius 1 is 1.17 bits per heavy atom. The van der Waals surface area contributed by atoms with Crippen molar-refractivity contribution in [3.05, 3.63) is 66.0 Å². The maximum atomic E-state index is 13.5. The van der Waals surface area contributed by atoms with Crippen LogP contribution in [0, 0.1) is 5.82 Å². The Hall–Kier alpha value is -2.89. The van der Waals surface area contributed by atoms with Crippen LogP contribution in [0.3, 0.4) is 0 Å². The van der Waals surface area contributed by atoms with Gasteiger partial charge in [0.25, 0.3) is 5.91 Å². The molecule has 3 rings (SSSR count). The molecular weight excluding hydrogens is 299 g/mol. The summed E-state index contributed by atoms with van der Waals surface area (Å²) >= 11 is 0. The summed E-state index contributed by atoms with van der Waals surface area (Å²) in [6.45, 7) is 0.461. The Bertz CT molecular complexity index is 721. The van der Waals surface area contributed by atoms with Gasteiger partial charge in [0.2, 0.25) is 0 Å². The molecule has 1 fully saturated rings. The first-order valence-corrected chi connectivity index (χ1v) is 7.21. The van der Waals surface area contributed by atoms with Crippen LogP contribution >= 0.6 is 0 Å². The van der Waals surface area contributed by atoms with Crippen LogP contribution in [0.15, 0.2) is 54.6 Å². The molecular formula is C17H15FN2O3. The van der Waals surface area contributed by atoms with Gasteiger partial charge in [0.15, 0.2) is 0 Å². The predicted molar refractivity (Wildman–Crippen MR) is 82.8 cm³/mol. The SMILES string of the molecule is O=C(NCC1CN(c2ccccc2)C(=O)O1)c1ccccc1F. The van der Waals surface area contributed by atoms with Gasteiger partial charge in [-0.2, -0.15) is 0 Å². The van der Waals surface area contributed by atoms with Gasteiger partial charge in [-0.15, -0.1) is 0 Å². The van der Waals surface area contributed by atoms with Crippen LogP contribution in [0.25, 0.3) is 0 Å². The van der Waals surface area contributed by atoms with Crippen LogP contribution in [0.1, 0.15) is 10.4 Å². The van der Waals surface area contributed by atoms with E-state index < -0.39 is 23.9 Å². The standard InChI is InChI=1S/C17H15FN2O3/c18-15-9-5-4-8-14(15)16(21)19-10-13-11-20(17(22)23-13)12-6-2-1-3-7-12/h1-9,13H,10-11H2,(H,19,21). The number of ether oxygens (including phenoxy) is 1. The van der Waals surface area contributed by atoms with Gasteiger partial charge in [-0.05, 0) is 24.3 Å². The topological polar surface area (TPSA) is 58.6 Å². The second kappa shape index (κ2) is 6.48. The molecule has 0 aliphatic carbocycles. The predicted octanol–water partition coefficient (Wildman–Crippen LogP) is 2.58. The number of nitrogens with one attached hydrogen (secondary N) is 1. The fourth-order valence-electron chi connectivity index (χ4n) is 2.39. The average Bonchev–Trinajstić information content (AvgIpc) is 2.95. The van der Waals surface area contributed by atoms with Gasteiger partial charge in [-0.1, -0.05) is 30.3 Å². The third kappa shape index (κ3) is 3.31. The summed E-state index contributed by atoms with van der Waals surface area (Å²) in [6, 6.07) is 14.9. The number of rotatable bonds is 4. The normalized spacial score (nSPS) is 17.0. The van der Waals surface area contributed by atoms with Crippen molar-refractivity contribution in [1.29, 1.82) is 0 Å². The van der Waals surface area contributed by atoms with E-state index >= 15 is 0 Å². The monoisotopic (exact) mass is 314 g/mol. The molecule has 1 unspecified atom stereocenters. The van der Waals surface area contributed by atoms with Gasteiger partial charge in [0, 0.05) is 5.69 Å². The summed E-state index contributed by atoms with van der Waals surface area (Å²) in [6.07, 6.45) is -0.931. The summed E-state index contributed by atoms with van der Waals surface area (Å²) in [5.41, 5.74) is 0.706. The average molecular weight is 314 g/mol. The summed E-state index contributed by atoms with van der Waals surface area (Å²) in [5, 5.41) is 2.59. The molecule has 2 aromatic rings. The lowest BCUT2D eigenvalue weighted by molar-refractivity contribution is 0.0912. The number of hydrogen-bond donors (Lipinski definition) is 1. The van der Waals surface area contributed by atoms with Crippen LogP contribution in [0.2, 0.25) is 0 Å². The van der Waals surface area contributed by atoms with Crippen molar-refractivity contribution in [1.82, 2.24) is 5.32 Å². The van der Waals surface area contributed by atoms with Crippen molar-refractivity contribution in [3.8, 4) is 0 Å². The Balaban J connectivity index is 1.59. The number of anilines is 1. The molecule has 1 aliphatic rings. The van der Waals surface area contributed by atoms with Crippen molar-refractivity contribution in [2.75, 3.05) is 18.0 Å². The lowest BCUT2D eigenvalue weighted by Gasteiger charge is -2.12. The first-order chi connectivity index (χ1) is 11.1. The Morgan fingerprint density at radius 2 is 1.87 bits per heavy atom. The van der Waals surface area contributed by atoms with E-state index in [2.05, 4.69) is 5.32 Å². The van der Waals surface area contributed by atoms with Crippen LogP contribution in [0.4, 0.5) is 14.9 Å². The first-order valence-electron chi connectivity index (χ1n) is 7.21. The Labute approximate surface area is 132 Å². The lowest BCUT2D eigenvalue weighted by atomic mass is 10.2. The minimum Gasteiger partial charge on any atom is -0.442 e. The van der Waals surface area contributed by atoms with Gasteiger partial charge in [0.05, 0.1) is 18.7 Å². The second-order valence-corrected chi connectivity index (χ2v) is 5.14. The minimum atomic E-state index is -0.584. The number of para-hydroxylation sites is 1. The van der Waals surface area contributed by atoms with Crippen LogP contribution in [0.5, 0.6) is 0 Å². The molecule has 0 radical (unpaired) electrons. The summed E-state index contributed by atoms with van der Waals surface area (Å²) in [7, 11) is 0. The van der Waals surface area contributed by atoms with E-state index in [-0.39, 0.29) is 12.1 Å². The zero-order valence-corrected chi connectivity index (χ0v) is 12.2. The molecule has 1 heterocycles. The largest absolute Gasteiger partial charge is 0.442 e. The number of carbonyl (C=O) groups excluding carboxylic acids is 2. The van der Waals surface area contributed by atoms with Crippen LogP contribution in [-0.2, 0) is 4.74 Å². The number of carbonyl (C=O) groups is 2. The van der Waals surface area contributed by atoms with Crippen molar-refractivity contribution in [2.45, 2.75) is 6.10 Å². The van der Waals surface area contributed by atoms with E-state index in [4.69, 9.17) is 4.74 Å². The van der Waals surface area contributed by atoms with E-state index in [9.17, 15) is 14.0 Å². The summed E-state index contributed by atoms with van der Waals surface area (Å²) in [4.78, 5) is 25.3. The molecule has 1 aliphatic heterocycles. The number of cyclic esters (lactones) is 1. The maximum Gasteiger partial charge on any atom is 0.414 e. The molecule has 0 spiro atoms. The molecule has 2 aromatic carbocycles. The molecule has 5 nitrogen and oxygen atoms in total. The Kier molecular flexibility index (Phi) is 4.23. The van der Waals surface area contributed by atoms with E-state index in [1.165, 1.54) is 23.1 Å². The van der Waals surface area contributed by atoms with Gasteiger partial charge in [0.1, 0.15) is 11.9 Å². The van der Waals surface area contributed by atoms with Crippen molar-refractivity contribution in [3.63, 3.8) is 0 Å². The zero-order valence-electron chi connectivity index (χ0n) is 12.2. The molecule has 1 N–H and O–H groups in total. The molecule has 118 valence electrons. The van der Waals surface area contributed by atoms with Crippen molar-refractivity contribution >= 4 is 17.7 Å². The number of hydrogen-bond acceptors (Lipinski definition) is 3. The number of halogens is 1. The third-order valence-corrected chi connectivity index (χ3v) is 3.55. The molecule has 0 aromatic heterocycles. The van der Waals surface area contributed by atoms with Gasteiger partial charge < -0.3 is 10.1 Å². The molecule has 23 heavy (non-hydrogen) atoms. The number of benzene rings is 2. The fourth-order valence-corrected chi connectivity index (χ4v) is 2.39. The molecule has 1 atom stereocenters. The highest BCUT2D eigenvalue weighted by atomic mass is 19.1. The Morgan fingerprint density at radius 3 is 2.61 bits per heavy atom. The highest BCUT2D eigenvalue weighted by molar-refractivity contribution is 5.94. The van der Waals surface area contributed by atoms with Crippen LogP contribution in [-0.4, -0.2) is 31.2 Å². The third-order valence-electron chi connectivity index (χ3n) is 3.55.